The minimum atomic E-state index is 0.525. The van der Waals surface area contributed by atoms with Crippen LogP contribution in [-0.2, 0) is 6.54 Å². The lowest BCUT2D eigenvalue weighted by Gasteiger charge is -2.13. The summed E-state index contributed by atoms with van der Waals surface area (Å²) in [4.78, 5) is 9.29. The van der Waals surface area contributed by atoms with E-state index in [4.69, 9.17) is 4.52 Å². The molecule has 0 unspecified atom stereocenters. The Bertz CT molecular complexity index is 641. The maximum atomic E-state index is 5.20. The average molecular weight is 287 g/mol. The molecular weight excluding hydrogens is 266 g/mol. The van der Waals surface area contributed by atoms with Crippen molar-refractivity contribution in [2.45, 2.75) is 46.1 Å². The number of nitrogens with one attached hydrogen (secondary N) is 2. The third-order valence-electron chi connectivity index (χ3n) is 3.96. The molecular formula is C15H21N5O. The summed E-state index contributed by atoms with van der Waals surface area (Å²) in [6, 6.07) is 0. The van der Waals surface area contributed by atoms with Gasteiger partial charge in [0.1, 0.15) is 23.2 Å². The Kier molecular flexibility index (Phi) is 3.53. The van der Waals surface area contributed by atoms with Crippen molar-refractivity contribution in [1.29, 1.82) is 0 Å². The van der Waals surface area contributed by atoms with Gasteiger partial charge in [-0.2, -0.15) is 0 Å². The van der Waals surface area contributed by atoms with E-state index in [2.05, 4.69) is 25.8 Å². The van der Waals surface area contributed by atoms with Gasteiger partial charge in [0.2, 0.25) is 0 Å². The van der Waals surface area contributed by atoms with Gasteiger partial charge in [0.25, 0.3) is 0 Å². The fraction of sp³-hybridized carbons (Fsp3) is 0.533. The van der Waals surface area contributed by atoms with Gasteiger partial charge in [0, 0.05) is 30.6 Å². The normalized spacial score (nSPS) is 14.3. The van der Waals surface area contributed by atoms with Gasteiger partial charge < -0.3 is 15.2 Å². The summed E-state index contributed by atoms with van der Waals surface area (Å²) in [5.74, 6) is 4.09. The van der Waals surface area contributed by atoms with Gasteiger partial charge in [-0.25, -0.2) is 9.97 Å². The Balaban J connectivity index is 1.85. The molecule has 0 amide bonds. The van der Waals surface area contributed by atoms with Crippen LogP contribution in [0, 0.1) is 20.8 Å². The fourth-order valence-corrected chi connectivity index (χ4v) is 2.40. The molecule has 1 aliphatic carbocycles. The first kappa shape index (κ1) is 13.9. The molecule has 21 heavy (non-hydrogen) atoms. The van der Waals surface area contributed by atoms with Crippen molar-refractivity contribution < 1.29 is 4.52 Å². The lowest BCUT2D eigenvalue weighted by Crippen LogP contribution is -2.10. The molecule has 2 heterocycles. The molecule has 2 aromatic rings. The number of nitrogens with zero attached hydrogens (tertiary/aromatic N) is 3. The number of aromatic nitrogens is 3. The Labute approximate surface area is 124 Å². The lowest BCUT2D eigenvalue weighted by atomic mass is 10.2. The molecule has 0 aliphatic heterocycles. The highest BCUT2D eigenvalue weighted by Gasteiger charge is 2.28. The number of rotatable bonds is 5. The highest BCUT2D eigenvalue weighted by Crippen LogP contribution is 2.39. The Morgan fingerprint density at radius 1 is 1.14 bits per heavy atom. The number of hydrogen-bond acceptors (Lipinski definition) is 6. The quantitative estimate of drug-likeness (QED) is 0.880. The molecule has 0 spiro atoms. The van der Waals surface area contributed by atoms with Crippen molar-refractivity contribution >= 4 is 11.6 Å². The monoisotopic (exact) mass is 287 g/mol. The molecule has 0 atom stereocenters. The Hall–Kier alpha value is -2.11. The van der Waals surface area contributed by atoms with E-state index < -0.39 is 0 Å². The van der Waals surface area contributed by atoms with Crippen LogP contribution >= 0.6 is 0 Å². The Morgan fingerprint density at radius 3 is 2.43 bits per heavy atom. The summed E-state index contributed by atoms with van der Waals surface area (Å²) in [7, 11) is 1.89. The predicted molar refractivity (Wildman–Crippen MR) is 81.6 cm³/mol. The second-order valence-electron chi connectivity index (χ2n) is 5.58. The summed E-state index contributed by atoms with van der Waals surface area (Å²) >= 11 is 0. The highest BCUT2D eigenvalue weighted by molar-refractivity contribution is 5.57. The SMILES string of the molecule is CNc1nc(C2CC2)nc(NCc2c(C)noc2C)c1C. The molecule has 0 radical (unpaired) electrons. The van der Waals surface area contributed by atoms with Gasteiger partial charge in [0.05, 0.1) is 5.69 Å². The second-order valence-corrected chi connectivity index (χ2v) is 5.58. The molecule has 3 rings (SSSR count). The zero-order chi connectivity index (χ0) is 15.0. The van der Waals surface area contributed by atoms with Crippen LogP contribution in [0.5, 0.6) is 0 Å². The van der Waals surface area contributed by atoms with Crippen LogP contribution in [0.4, 0.5) is 11.6 Å². The molecule has 2 N–H and O–H groups in total. The summed E-state index contributed by atoms with van der Waals surface area (Å²) in [6.45, 7) is 6.57. The van der Waals surface area contributed by atoms with Crippen molar-refractivity contribution in [3.8, 4) is 0 Å². The molecule has 0 saturated heterocycles. The van der Waals surface area contributed by atoms with E-state index in [0.29, 0.717) is 12.5 Å². The minimum absolute atomic E-state index is 0.525. The average Bonchev–Trinajstić information content (AvgIpc) is 3.26. The first-order valence-corrected chi connectivity index (χ1v) is 7.32. The van der Waals surface area contributed by atoms with Crippen molar-refractivity contribution in [3.05, 3.63) is 28.4 Å². The number of anilines is 2. The van der Waals surface area contributed by atoms with Crippen molar-refractivity contribution in [1.82, 2.24) is 15.1 Å². The number of hydrogen-bond donors (Lipinski definition) is 2. The molecule has 1 fully saturated rings. The standard InChI is InChI=1S/C15H21N5O/c1-8-13(16-4)18-15(11-5-6-11)19-14(8)17-7-12-9(2)20-21-10(12)3/h11H,5-7H2,1-4H3,(H2,16,17,18,19). The van der Waals surface area contributed by atoms with Crippen LogP contribution in [0.2, 0.25) is 0 Å². The van der Waals surface area contributed by atoms with Crippen molar-refractivity contribution in [3.63, 3.8) is 0 Å². The van der Waals surface area contributed by atoms with E-state index in [-0.39, 0.29) is 0 Å². The van der Waals surface area contributed by atoms with Crippen molar-refractivity contribution in [2.24, 2.45) is 0 Å². The van der Waals surface area contributed by atoms with Gasteiger partial charge in [0.15, 0.2) is 0 Å². The van der Waals surface area contributed by atoms with Crippen LogP contribution in [0.3, 0.4) is 0 Å². The topological polar surface area (TPSA) is 75.9 Å². The molecule has 2 aromatic heterocycles. The zero-order valence-corrected chi connectivity index (χ0v) is 12.9. The maximum Gasteiger partial charge on any atom is 0.138 e. The van der Waals surface area contributed by atoms with E-state index in [1.165, 1.54) is 12.8 Å². The summed E-state index contributed by atoms with van der Waals surface area (Å²) in [5.41, 5.74) is 3.05. The molecule has 1 aliphatic rings. The molecule has 0 aromatic carbocycles. The summed E-state index contributed by atoms with van der Waals surface area (Å²) in [6.07, 6.45) is 2.38. The van der Waals surface area contributed by atoms with E-state index in [1.54, 1.807) is 0 Å². The molecule has 1 saturated carbocycles. The lowest BCUT2D eigenvalue weighted by molar-refractivity contribution is 0.392. The van der Waals surface area contributed by atoms with E-state index in [9.17, 15) is 0 Å². The van der Waals surface area contributed by atoms with Gasteiger partial charge in [-0.1, -0.05) is 5.16 Å². The molecule has 112 valence electrons. The zero-order valence-electron chi connectivity index (χ0n) is 12.9. The van der Waals surface area contributed by atoms with Crippen LogP contribution in [0.15, 0.2) is 4.52 Å². The van der Waals surface area contributed by atoms with Crippen LogP contribution in [0.25, 0.3) is 0 Å². The summed E-state index contributed by atoms with van der Waals surface area (Å²) < 4.78 is 5.20. The molecule has 6 nitrogen and oxygen atoms in total. The van der Waals surface area contributed by atoms with E-state index in [1.807, 2.05) is 27.8 Å². The van der Waals surface area contributed by atoms with Crippen molar-refractivity contribution in [2.75, 3.05) is 17.7 Å². The van der Waals surface area contributed by atoms with Gasteiger partial charge >= 0.3 is 0 Å². The predicted octanol–water partition coefficient (Wildman–Crippen LogP) is 2.92. The second kappa shape index (κ2) is 5.35. The summed E-state index contributed by atoms with van der Waals surface area (Å²) in [5, 5.41) is 10.5. The van der Waals surface area contributed by atoms with E-state index in [0.717, 1.165) is 40.0 Å². The Morgan fingerprint density at radius 2 is 1.86 bits per heavy atom. The fourth-order valence-electron chi connectivity index (χ4n) is 2.40. The van der Waals surface area contributed by atoms with Gasteiger partial charge in [-0.05, 0) is 33.6 Å². The van der Waals surface area contributed by atoms with Gasteiger partial charge in [-0.3, -0.25) is 0 Å². The third kappa shape index (κ3) is 2.70. The van der Waals surface area contributed by atoms with Gasteiger partial charge in [-0.15, -0.1) is 0 Å². The first-order valence-electron chi connectivity index (χ1n) is 7.32. The third-order valence-corrected chi connectivity index (χ3v) is 3.96. The maximum absolute atomic E-state index is 5.20. The highest BCUT2D eigenvalue weighted by atomic mass is 16.5. The van der Waals surface area contributed by atoms with Crippen LogP contribution in [-0.4, -0.2) is 22.2 Å². The van der Waals surface area contributed by atoms with E-state index >= 15 is 0 Å². The van der Waals surface area contributed by atoms with Crippen LogP contribution in [0.1, 0.15) is 47.2 Å². The van der Waals surface area contributed by atoms with Crippen LogP contribution < -0.4 is 10.6 Å². The molecule has 0 bridgehead atoms. The first-order chi connectivity index (χ1) is 10.1. The number of aryl methyl sites for hydroxylation is 2. The molecule has 6 heteroatoms. The smallest absolute Gasteiger partial charge is 0.138 e. The minimum Gasteiger partial charge on any atom is -0.373 e. The largest absolute Gasteiger partial charge is 0.373 e.